The first-order chi connectivity index (χ1) is 9.41. The van der Waals surface area contributed by atoms with Crippen LogP contribution in [-0.4, -0.2) is 61.4 Å². The fraction of sp³-hybridized carbons (Fsp3) is 0.545. The highest BCUT2D eigenvalue weighted by Gasteiger charge is 2.30. The second-order valence-corrected chi connectivity index (χ2v) is 7.90. The first kappa shape index (κ1) is 15.7. The van der Waals surface area contributed by atoms with Crippen LogP contribution in [0.3, 0.4) is 0 Å². The third-order valence-corrected chi connectivity index (χ3v) is 7.03. The van der Waals surface area contributed by atoms with Crippen molar-refractivity contribution in [2.45, 2.75) is 10.6 Å². The molecule has 0 amide bonds. The average molecular weight is 339 g/mol. The number of piperazine rings is 1. The summed E-state index contributed by atoms with van der Waals surface area (Å²) in [5.74, 6) is -0.842. The first-order valence-electron chi connectivity index (χ1n) is 6.08. The standard InChI is InChI=1S/C11H15ClN2O4S2/c12-9-2-8-19-11(9)20(17,18)14-6-4-13(5-7-14)3-1-10(15)16/h2,8H,1,3-7H2,(H,15,16). The molecule has 0 aliphatic carbocycles. The van der Waals surface area contributed by atoms with Crippen molar-refractivity contribution in [2.24, 2.45) is 0 Å². The topological polar surface area (TPSA) is 77.9 Å². The van der Waals surface area contributed by atoms with Crippen LogP contribution in [0.1, 0.15) is 6.42 Å². The molecule has 1 fully saturated rings. The van der Waals surface area contributed by atoms with Crippen LogP contribution in [0.5, 0.6) is 0 Å². The highest BCUT2D eigenvalue weighted by molar-refractivity contribution is 7.91. The van der Waals surface area contributed by atoms with Crippen LogP contribution in [0.15, 0.2) is 15.7 Å². The number of aliphatic carboxylic acids is 1. The largest absolute Gasteiger partial charge is 0.481 e. The molecule has 1 saturated heterocycles. The number of carboxylic acids is 1. The Bertz CT molecular complexity index is 579. The van der Waals surface area contributed by atoms with E-state index in [1.807, 2.05) is 4.90 Å². The van der Waals surface area contributed by atoms with E-state index in [1.165, 1.54) is 4.31 Å². The summed E-state index contributed by atoms with van der Waals surface area (Å²) in [5, 5.41) is 10.5. The molecule has 0 bridgehead atoms. The van der Waals surface area contributed by atoms with Gasteiger partial charge in [-0.05, 0) is 11.4 Å². The summed E-state index contributed by atoms with van der Waals surface area (Å²) in [6.07, 6.45) is 0.0729. The Kier molecular flexibility index (Phi) is 5.03. The smallest absolute Gasteiger partial charge is 0.304 e. The Morgan fingerprint density at radius 1 is 1.35 bits per heavy atom. The molecule has 2 rings (SSSR count). The normalized spacial score (nSPS) is 18.2. The Labute approximate surface area is 126 Å². The van der Waals surface area contributed by atoms with Gasteiger partial charge in [0.05, 0.1) is 11.4 Å². The molecule has 0 atom stereocenters. The zero-order chi connectivity index (χ0) is 14.8. The van der Waals surface area contributed by atoms with E-state index < -0.39 is 16.0 Å². The maximum absolute atomic E-state index is 12.4. The Morgan fingerprint density at radius 3 is 2.50 bits per heavy atom. The number of halogens is 1. The zero-order valence-electron chi connectivity index (χ0n) is 10.7. The summed E-state index contributed by atoms with van der Waals surface area (Å²) in [6, 6.07) is 1.57. The fourth-order valence-electron chi connectivity index (χ4n) is 2.03. The van der Waals surface area contributed by atoms with Crippen molar-refractivity contribution >= 4 is 38.9 Å². The van der Waals surface area contributed by atoms with Crippen molar-refractivity contribution in [3.05, 3.63) is 16.5 Å². The molecule has 2 heterocycles. The van der Waals surface area contributed by atoms with Gasteiger partial charge in [0.25, 0.3) is 10.0 Å². The molecule has 0 unspecified atom stereocenters. The van der Waals surface area contributed by atoms with Gasteiger partial charge in [-0.1, -0.05) is 11.6 Å². The van der Waals surface area contributed by atoms with Crippen LogP contribution < -0.4 is 0 Å². The van der Waals surface area contributed by atoms with Crippen LogP contribution in [0.4, 0.5) is 0 Å². The van der Waals surface area contributed by atoms with E-state index in [4.69, 9.17) is 16.7 Å². The van der Waals surface area contributed by atoms with E-state index in [-0.39, 0.29) is 15.7 Å². The lowest BCUT2D eigenvalue weighted by Crippen LogP contribution is -2.48. The van der Waals surface area contributed by atoms with Gasteiger partial charge in [0.2, 0.25) is 0 Å². The lowest BCUT2D eigenvalue weighted by Gasteiger charge is -2.33. The first-order valence-corrected chi connectivity index (χ1v) is 8.78. The molecule has 6 nitrogen and oxygen atoms in total. The van der Waals surface area contributed by atoms with Gasteiger partial charge >= 0.3 is 5.97 Å². The van der Waals surface area contributed by atoms with Crippen LogP contribution in [0.25, 0.3) is 0 Å². The van der Waals surface area contributed by atoms with Gasteiger partial charge in [-0.3, -0.25) is 4.79 Å². The second-order valence-electron chi connectivity index (χ2n) is 4.45. The summed E-state index contributed by atoms with van der Waals surface area (Å²) in [7, 11) is -3.53. The average Bonchev–Trinajstić information content (AvgIpc) is 2.84. The van der Waals surface area contributed by atoms with Crippen molar-refractivity contribution in [3.63, 3.8) is 0 Å². The third-order valence-electron chi connectivity index (χ3n) is 3.13. The molecule has 9 heteroatoms. The van der Waals surface area contributed by atoms with Gasteiger partial charge < -0.3 is 10.0 Å². The number of carboxylic acid groups (broad SMARTS) is 1. The van der Waals surface area contributed by atoms with Gasteiger partial charge in [-0.15, -0.1) is 11.3 Å². The summed E-state index contributed by atoms with van der Waals surface area (Å²) in [4.78, 5) is 12.5. The monoisotopic (exact) mass is 338 g/mol. The molecule has 1 aromatic rings. The van der Waals surface area contributed by atoms with Gasteiger partial charge in [0.15, 0.2) is 4.21 Å². The summed E-state index contributed by atoms with van der Waals surface area (Å²) < 4.78 is 26.3. The lowest BCUT2D eigenvalue weighted by atomic mass is 10.3. The van der Waals surface area contributed by atoms with Crippen molar-refractivity contribution in [2.75, 3.05) is 32.7 Å². The number of hydrogen-bond donors (Lipinski definition) is 1. The molecule has 20 heavy (non-hydrogen) atoms. The second kappa shape index (κ2) is 6.40. The molecule has 0 spiro atoms. The van der Waals surface area contributed by atoms with Gasteiger partial charge in [0, 0.05) is 32.7 Å². The Balaban J connectivity index is 1.97. The highest BCUT2D eigenvalue weighted by atomic mass is 35.5. The Morgan fingerprint density at radius 2 is 2.00 bits per heavy atom. The molecule has 0 aromatic carbocycles. The van der Waals surface area contributed by atoms with Crippen LogP contribution in [0.2, 0.25) is 5.02 Å². The molecule has 0 saturated carbocycles. The third kappa shape index (κ3) is 3.50. The van der Waals surface area contributed by atoms with E-state index >= 15 is 0 Å². The van der Waals surface area contributed by atoms with Crippen molar-refractivity contribution in [1.29, 1.82) is 0 Å². The number of thiophene rings is 1. The van der Waals surface area contributed by atoms with Crippen molar-refractivity contribution < 1.29 is 18.3 Å². The van der Waals surface area contributed by atoms with E-state index in [1.54, 1.807) is 11.4 Å². The molecule has 1 aliphatic rings. The minimum absolute atomic E-state index is 0.0729. The molecule has 1 aromatic heterocycles. The van der Waals surface area contributed by atoms with Crippen molar-refractivity contribution in [3.8, 4) is 0 Å². The predicted octanol–water partition coefficient (Wildman–Crippen LogP) is 1.18. The van der Waals surface area contributed by atoms with E-state index in [9.17, 15) is 13.2 Å². The Hall–Kier alpha value is -0.670. The molecular weight excluding hydrogens is 324 g/mol. The van der Waals surface area contributed by atoms with E-state index in [0.717, 1.165) is 11.3 Å². The van der Waals surface area contributed by atoms with Crippen LogP contribution in [-0.2, 0) is 14.8 Å². The predicted molar refractivity (Wildman–Crippen MR) is 76.8 cm³/mol. The number of hydrogen-bond acceptors (Lipinski definition) is 5. The number of carbonyl (C=O) groups is 1. The lowest BCUT2D eigenvalue weighted by molar-refractivity contribution is -0.137. The number of nitrogens with zero attached hydrogens (tertiary/aromatic N) is 2. The van der Waals surface area contributed by atoms with E-state index in [0.29, 0.717) is 32.7 Å². The summed E-state index contributed by atoms with van der Waals surface area (Å²) in [5.41, 5.74) is 0. The SMILES string of the molecule is O=C(O)CCN1CCN(S(=O)(=O)c2sccc2Cl)CC1. The summed E-state index contributed by atoms with van der Waals surface area (Å²) >= 11 is 7.00. The molecule has 112 valence electrons. The van der Waals surface area contributed by atoms with Gasteiger partial charge in [0.1, 0.15) is 0 Å². The van der Waals surface area contributed by atoms with Crippen LogP contribution in [0, 0.1) is 0 Å². The maximum Gasteiger partial charge on any atom is 0.304 e. The quantitative estimate of drug-likeness (QED) is 0.872. The molecule has 1 aliphatic heterocycles. The maximum atomic E-state index is 12.4. The molecule has 1 N–H and O–H groups in total. The van der Waals surface area contributed by atoms with Gasteiger partial charge in [-0.25, -0.2) is 8.42 Å². The summed E-state index contributed by atoms with van der Waals surface area (Å²) in [6.45, 7) is 2.24. The zero-order valence-corrected chi connectivity index (χ0v) is 13.0. The van der Waals surface area contributed by atoms with Crippen molar-refractivity contribution in [1.82, 2.24) is 9.21 Å². The fourth-order valence-corrected chi connectivity index (χ4v) is 5.26. The highest BCUT2D eigenvalue weighted by Crippen LogP contribution is 2.30. The molecular formula is C11H15ClN2O4S2. The van der Waals surface area contributed by atoms with E-state index in [2.05, 4.69) is 0 Å². The minimum Gasteiger partial charge on any atom is -0.481 e. The minimum atomic E-state index is -3.53. The van der Waals surface area contributed by atoms with Crippen LogP contribution >= 0.6 is 22.9 Å². The van der Waals surface area contributed by atoms with Gasteiger partial charge in [-0.2, -0.15) is 4.31 Å². The number of sulfonamides is 1. The number of rotatable bonds is 5. The molecule has 0 radical (unpaired) electrons.